The summed E-state index contributed by atoms with van der Waals surface area (Å²) in [5, 5.41) is 14.2. The summed E-state index contributed by atoms with van der Waals surface area (Å²) >= 11 is 0. The molecule has 16 heteroatoms. The van der Waals surface area contributed by atoms with Crippen molar-refractivity contribution in [2.24, 2.45) is 0 Å². The van der Waals surface area contributed by atoms with Crippen LogP contribution in [0.4, 0.5) is 32.2 Å². The molecule has 0 spiro atoms. The highest BCUT2D eigenvalue weighted by Gasteiger charge is 2.48. The van der Waals surface area contributed by atoms with Crippen molar-refractivity contribution < 1.29 is 55.7 Å². The first-order valence-electron chi connectivity index (χ1n) is 13.6. The smallest absolute Gasteiger partial charge is 0.475 e. The largest absolute Gasteiger partial charge is 0.490 e. The lowest BCUT2D eigenvalue weighted by Crippen LogP contribution is -2.38. The van der Waals surface area contributed by atoms with Gasteiger partial charge in [-0.2, -0.15) is 26.3 Å². The maximum Gasteiger partial charge on any atom is 0.490 e. The van der Waals surface area contributed by atoms with E-state index in [0.717, 1.165) is 51.6 Å². The molecule has 2 N–H and O–H groups in total. The molecule has 3 aliphatic heterocycles. The molecule has 0 saturated carbocycles. The van der Waals surface area contributed by atoms with Crippen LogP contribution in [-0.2, 0) is 25.7 Å². The zero-order chi connectivity index (χ0) is 32.7. The molecule has 1 amide bonds. The Morgan fingerprint density at radius 2 is 1.52 bits per heavy atom. The van der Waals surface area contributed by atoms with E-state index < -0.39 is 24.3 Å². The summed E-state index contributed by atoms with van der Waals surface area (Å²) in [6, 6.07) is 15.5. The first-order chi connectivity index (χ1) is 20.6. The number of halogens is 6. The molecule has 3 saturated heterocycles. The molecule has 10 nitrogen and oxygen atoms in total. The number of anilines is 1. The highest BCUT2D eigenvalue weighted by atomic mass is 19.4. The van der Waals surface area contributed by atoms with E-state index in [9.17, 15) is 31.1 Å². The van der Waals surface area contributed by atoms with E-state index >= 15 is 0 Å². The van der Waals surface area contributed by atoms with E-state index in [0.29, 0.717) is 18.5 Å². The van der Waals surface area contributed by atoms with Crippen LogP contribution in [0.2, 0.25) is 0 Å². The van der Waals surface area contributed by atoms with Crippen molar-refractivity contribution in [3.63, 3.8) is 0 Å². The quantitative estimate of drug-likeness (QED) is 0.468. The predicted molar refractivity (Wildman–Crippen MR) is 144 cm³/mol. The Morgan fingerprint density at radius 1 is 0.955 bits per heavy atom. The summed E-state index contributed by atoms with van der Waals surface area (Å²) in [7, 11) is 0. The van der Waals surface area contributed by atoms with E-state index in [1.165, 1.54) is 11.1 Å². The third kappa shape index (κ3) is 9.29. The Kier molecular flexibility index (Phi) is 11.6. The van der Waals surface area contributed by atoms with Crippen molar-refractivity contribution in [3.8, 4) is 0 Å². The van der Waals surface area contributed by atoms with Crippen molar-refractivity contribution in [2.45, 2.75) is 56.8 Å². The van der Waals surface area contributed by atoms with Crippen molar-refractivity contribution in [1.82, 2.24) is 14.8 Å². The average molecular weight is 635 g/mol. The van der Waals surface area contributed by atoms with Gasteiger partial charge in [0.15, 0.2) is 0 Å². The summed E-state index contributed by atoms with van der Waals surface area (Å²) in [6.45, 7) is 7.39. The second-order valence-corrected chi connectivity index (χ2v) is 10.2. The molecule has 5 rings (SSSR count). The molecule has 2 aromatic rings. The highest BCUT2D eigenvalue weighted by molar-refractivity contribution is 5.81. The second kappa shape index (κ2) is 14.7. The molecule has 3 aliphatic rings. The minimum atomic E-state index is -5.08. The third-order valence-electron chi connectivity index (χ3n) is 7.37. The zero-order valence-corrected chi connectivity index (χ0v) is 23.6. The number of carboxylic acids is 2. The number of carboxylic acid groups (broad SMARTS) is 2. The Morgan fingerprint density at radius 3 is 2.07 bits per heavy atom. The number of aromatic nitrogens is 1. The molecule has 0 aliphatic carbocycles. The van der Waals surface area contributed by atoms with Gasteiger partial charge in [0.1, 0.15) is 5.82 Å². The topological polar surface area (TPSA) is 124 Å². The maximum atomic E-state index is 12.9. The fraction of sp³-hybridized carbons (Fsp3) is 0.500. The van der Waals surface area contributed by atoms with Crippen LogP contribution >= 0.6 is 0 Å². The first-order valence-corrected chi connectivity index (χ1v) is 13.6. The van der Waals surface area contributed by atoms with Gasteiger partial charge in [-0.3, -0.25) is 9.69 Å². The number of alkyl halides is 6. The van der Waals surface area contributed by atoms with Gasteiger partial charge >= 0.3 is 24.3 Å². The predicted octanol–water partition coefficient (Wildman–Crippen LogP) is 4.12. The number of pyridine rings is 1. The van der Waals surface area contributed by atoms with Crippen molar-refractivity contribution in [2.75, 3.05) is 37.7 Å². The van der Waals surface area contributed by atoms with Crippen LogP contribution in [0, 0.1) is 0 Å². The number of nitrogens with zero attached hydrogens (tertiary/aromatic N) is 4. The molecule has 4 heterocycles. The second-order valence-electron chi connectivity index (χ2n) is 10.2. The number of carbonyl (C=O) groups excluding carboxylic acids is 1. The van der Waals surface area contributed by atoms with E-state index in [1.807, 2.05) is 12.3 Å². The number of fused-ring (bicyclic) bond motifs is 1. The van der Waals surface area contributed by atoms with E-state index in [2.05, 4.69) is 63.0 Å². The van der Waals surface area contributed by atoms with Crippen LogP contribution in [0.5, 0.6) is 0 Å². The third-order valence-corrected chi connectivity index (χ3v) is 7.37. The number of likely N-dealkylation sites (tertiary alicyclic amines) is 2. The number of hydrogen-bond acceptors (Lipinski definition) is 7. The Hall–Kier alpha value is -3.92. The number of ether oxygens (including phenoxy) is 1. The monoisotopic (exact) mass is 634 g/mol. The first kappa shape index (κ1) is 34.6. The van der Waals surface area contributed by atoms with Gasteiger partial charge in [0.25, 0.3) is 0 Å². The molecule has 1 aromatic heterocycles. The molecular weight excluding hydrogens is 602 g/mol. The van der Waals surface area contributed by atoms with Gasteiger partial charge in [0, 0.05) is 50.9 Å². The van der Waals surface area contributed by atoms with Crippen molar-refractivity contribution in [3.05, 3.63) is 59.8 Å². The molecule has 44 heavy (non-hydrogen) atoms. The molecule has 1 unspecified atom stereocenters. The molecule has 242 valence electrons. The molecule has 0 radical (unpaired) electrons. The van der Waals surface area contributed by atoms with Gasteiger partial charge in [0.2, 0.25) is 5.91 Å². The number of benzene rings is 1. The lowest BCUT2D eigenvalue weighted by atomic mass is 10.0. The summed E-state index contributed by atoms with van der Waals surface area (Å²) in [6.07, 6.45) is -6.57. The summed E-state index contributed by atoms with van der Waals surface area (Å²) < 4.78 is 68.9. The minimum Gasteiger partial charge on any atom is -0.475 e. The van der Waals surface area contributed by atoms with Crippen LogP contribution < -0.4 is 4.90 Å². The summed E-state index contributed by atoms with van der Waals surface area (Å²) in [4.78, 5) is 42.2. The van der Waals surface area contributed by atoms with Gasteiger partial charge in [-0.05, 0) is 36.6 Å². The van der Waals surface area contributed by atoms with E-state index in [4.69, 9.17) is 24.5 Å². The standard InChI is InChI=1S/C24H30N4O2.2C2HF3O2/c1-18(20-5-3-2-4-6-20)28-21-8-10-27(22(21)16-24(28)29)17-19-7-9-25-23(15-19)26-11-13-30-14-12-26;2*3-2(4,5)1(6)7/h2-7,9,15,18,21-22H,8,10-14,16-17H2,1H3;2*(H,6,7)/t18?,21-,22-;;/m0../s1. The molecule has 3 atom stereocenters. The lowest BCUT2D eigenvalue weighted by Gasteiger charge is -2.31. The van der Waals surface area contributed by atoms with Gasteiger partial charge in [-0.25, -0.2) is 14.6 Å². The normalized spacial score (nSPS) is 21.0. The lowest BCUT2D eigenvalue weighted by molar-refractivity contribution is -0.193. The van der Waals surface area contributed by atoms with Gasteiger partial charge < -0.3 is 24.7 Å². The number of amides is 1. The molecule has 1 aromatic carbocycles. The van der Waals surface area contributed by atoms with Gasteiger partial charge in [-0.15, -0.1) is 0 Å². The van der Waals surface area contributed by atoms with Crippen LogP contribution in [-0.4, -0.2) is 100 Å². The highest BCUT2D eigenvalue weighted by Crippen LogP contribution is 2.38. The Labute approximate surface area is 248 Å². The fourth-order valence-corrected chi connectivity index (χ4v) is 5.31. The van der Waals surface area contributed by atoms with Crippen LogP contribution in [0.1, 0.15) is 36.9 Å². The van der Waals surface area contributed by atoms with Gasteiger partial charge in [-0.1, -0.05) is 30.3 Å². The maximum absolute atomic E-state index is 12.9. The van der Waals surface area contributed by atoms with Crippen molar-refractivity contribution in [1.29, 1.82) is 0 Å². The SMILES string of the molecule is CC(c1ccccc1)N1C(=O)C[C@H]2[C@@H]1CCN2Cc1ccnc(N2CCOCC2)c1.O=C(O)C(F)(F)F.O=C(O)C(F)(F)F. The Balaban J connectivity index is 0.000000317. The Bertz CT molecular complexity index is 1250. The van der Waals surface area contributed by atoms with E-state index in [-0.39, 0.29) is 11.9 Å². The molecule has 0 bridgehead atoms. The fourth-order valence-electron chi connectivity index (χ4n) is 5.31. The number of aliphatic carboxylic acids is 2. The van der Waals surface area contributed by atoms with Crippen LogP contribution in [0.3, 0.4) is 0 Å². The number of morpholine rings is 1. The molecular formula is C28H32F6N4O6. The average Bonchev–Trinajstić information content (AvgIpc) is 3.51. The van der Waals surface area contributed by atoms with Crippen molar-refractivity contribution >= 4 is 23.7 Å². The van der Waals surface area contributed by atoms with Gasteiger partial charge in [0.05, 0.1) is 19.3 Å². The summed E-state index contributed by atoms with van der Waals surface area (Å²) in [5.41, 5.74) is 2.49. The zero-order valence-electron chi connectivity index (χ0n) is 23.6. The number of hydrogen-bond donors (Lipinski definition) is 2. The summed E-state index contributed by atoms with van der Waals surface area (Å²) in [5.74, 6) is -4.19. The number of rotatable bonds is 5. The van der Waals surface area contributed by atoms with Crippen LogP contribution in [0.15, 0.2) is 48.7 Å². The van der Waals surface area contributed by atoms with E-state index in [1.54, 1.807) is 0 Å². The minimum absolute atomic E-state index is 0.127. The number of carbonyl (C=O) groups is 3. The van der Waals surface area contributed by atoms with Crippen LogP contribution in [0.25, 0.3) is 0 Å². The molecule has 3 fully saturated rings.